The molecule has 0 bridgehead atoms. The molecular formula is C18H17BrFNO. The topological polar surface area (TPSA) is 20.3 Å². The summed E-state index contributed by atoms with van der Waals surface area (Å²) >= 11 is 3.49. The van der Waals surface area contributed by atoms with E-state index in [9.17, 15) is 9.18 Å². The van der Waals surface area contributed by atoms with Crippen LogP contribution in [0, 0.1) is 12.7 Å². The molecule has 2 nitrogen and oxygen atoms in total. The molecule has 1 unspecified atom stereocenters. The van der Waals surface area contributed by atoms with Gasteiger partial charge in [0.05, 0.1) is 6.04 Å². The largest absolute Gasteiger partial charge is 0.327 e. The van der Waals surface area contributed by atoms with Crippen LogP contribution in [0.15, 0.2) is 40.9 Å². The molecule has 1 atom stereocenters. The summed E-state index contributed by atoms with van der Waals surface area (Å²) in [6.07, 6.45) is 0.797. The zero-order chi connectivity index (χ0) is 15.9. The number of halogens is 2. The van der Waals surface area contributed by atoms with Gasteiger partial charge >= 0.3 is 0 Å². The molecule has 2 aromatic carbocycles. The van der Waals surface area contributed by atoms with Crippen LogP contribution in [0.3, 0.4) is 0 Å². The summed E-state index contributed by atoms with van der Waals surface area (Å²) in [7, 11) is 0. The van der Waals surface area contributed by atoms with Crippen LogP contribution in [-0.2, 0) is 6.54 Å². The quantitative estimate of drug-likeness (QED) is 0.752. The molecule has 114 valence electrons. The van der Waals surface area contributed by atoms with Crippen molar-refractivity contribution in [1.29, 1.82) is 0 Å². The lowest BCUT2D eigenvalue weighted by atomic mass is 10.0. The molecule has 3 rings (SSSR count). The smallest absolute Gasteiger partial charge is 0.255 e. The molecule has 1 aliphatic heterocycles. The molecule has 1 amide bonds. The van der Waals surface area contributed by atoms with Gasteiger partial charge in [0.1, 0.15) is 5.82 Å². The lowest BCUT2D eigenvalue weighted by Crippen LogP contribution is -2.29. The van der Waals surface area contributed by atoms with Gasteiger partial charge in [0.2, 0.25) is 0 Å². The fourth-order valence-electron chi connectivity index (χ4n) is 3.21. The van der Waals surface area contributed by atoms with E-state index in [0.717, 1.165) is 33.1 Å². The zero-order valence-corrected chi connectivity index (χ0v) is 14.2. The average molecular weight is 362 g/mol. The van der Waals surface area contributed by atoms with Crippen molar-refractivity contribution in [1.82, 2.24) is 4.90 Å². The van der Waals surface area contributed by atoms with Crippen LogP contribution < -0.4 is 0 Å². The van der Waals surface area contributed by atoms with Crippen LogP contribution in [0.1, 0.15) is 46.4 Å². The monoisotopic (exact) mass is 361 g/mol. The molecule has 0 saturated carbocycles. The number of amides is 1. The molecule has 0 saturated heterocycles. The van der Waals surface area contributed by atoms with Crippen molar-refractivity contribution in [3.05, 3.63) is 68.9 Å². The highest BCUT2D eigenvalue weighted by Gasteiger charge is 2.34. The van der Waals surface area contributed by atoms with Crippen LogP contribution >= 0.6 is 15.9 Å². The minimum Gasteiger partial charge on any atom is -0.327 e. The number of fused-ring (bicyclic) bond motifs is 1. The van der Waals surface area contributed by atoms with Crippen molar-refractivity contribution in [3.63, 3.8) is 0 Å². The van der Waals surface area contributed by atoms with E-state index in [1.54, 1.807) is 12.1 Å². The Labute approximate surface area is 138 Å². The zero-order valence-electron chi connectivity index (χ0n) is 12.6. The molecule has 22 heavy (non-hydrogen) atoms. The van der Waals surface area contributed by atoms with Gasteiger partial charge < -0.3 is 4.90 Å². The van der Waals surface area contributed by atoms with E-state index in [1.807, 2.05) is 30.9 Å². The maximum atomic E-state index is 13.1. The van der Waals surface area contributed by atoms with Crippen molar-refractivity contribution in [3.8, 4) is 0 Å². The first-order valence-corrected chi connectivity index (χ1v) is 8.16. The van der Waals surface area contributed by atoms with Crippen LogP contribution in [0.25, 0.3) is 0 Å². The average Bonchev–Trinajstić information content (AvgIpc) is 2.79. The van der Waals surface area contributed by atoms with Gasteiger partial charge in [0.25, 0.3) is 5.91 Å². The third-order valence-electron chi connectivity index (χ3n) is 4.22. The van der Waals surface area contributed by atoms with Crippen LogP contribution in [-0.4, -0.2) is 10.8 Å². The minimum absolute atomic E-state index is 0.0290. The Balaban J connectivity index is 1.97. The first kappa shape index (κ1) is 15.2. The summed E-state index contributed by atoms with van der Waals surface area (Å²) in [5, 5.41) is 0. The number of hydrogen-bond acceptors (Lipinski definition) is 1. The number of carbonyl (C=O) groups is 1. The van der Waals surface area contributed by atoms with Crippen molar-refractivity contribution in [2.75, 3.05) is 0 Å². The molecule has 0 fully saturated rings. The van der Waals surface area contributed by atoms with E-state index in [-0.39, 0.29) is 17.8 Å². The Bertz CT molecular complexity index is 727. The van der Waals surface area contributed by atoms with Gasteiger partial charge in [-0.25, -0.2) is 4.39 Å². The van der Waals surface area contributed by atoms with E-state index in [2.05, 4.69) is 15.9 Å². The Morgan fingerprint density at radius 1 is 1.27 bits per heavy atom. The molecule has 4 heteroatoms. The molecular weight excluding hydrogens is 345 g/mol. The number of carbonyl (C=O) groups excluding carboxylic acids is 1. The molecule has 1 aliphatic rings. The standard InChI is InChI=1S/C18H17BrFNO/c1-3-16(12-4-6-15(20)7-5-12)21-10-13-9-14(19)8-11(2)17(13)18(21)22/h4-9,16H,3,10H2,1-2H3. The highest BCUT2D eigenvalue weighted by molar-refractivity contribution is 9.10. The first-order valence-electron chi connectivity index (χ1n) is 7.36. The molecule has 0 aromatic heterocycles. The van der Waals surface area contributed by atoms with Gasteiger partial charge in [-0.05, 0) is 54.3 Å². The number of benzene rings is 2. The van der Waals surface area contributed by atoms with Gasteiger partial charge in [0.15, 0.2) is 0 Å². The molecule has 0 aliphatic carbocycles. The van der Waals surface area contributed by atoms with Gasteiger partial charge in [-0.1, -0.05) is 35.0 Å². The summed E-state index contributed by atoms with van der Waals surface area (Å²) < 4.78 is 14.1. The summed E-state index contributed by atoms with van der Waals surface area (Å²) in [5.74, 6) is -0.189. The maximum absolute atomic E-state index is 13.1. The van der Waals surface area contributed by atoms with Gasteiger partial charge in [-0.3, -0.25) is 4.79 Å². The fourth-order valence-corrected chi connectivity index (χ4v) is 3.83. The normalized spacial score (nSPS) is 15.1. The predicted octanol–water partition coefficient (Wildman–Crippen LogP) is 5.00. The van der Waals surface area contributed by atoms with Crippen LogP contribution in [0.5, 0.6) is 0 Å². The summed E-state index contributed by atoms with van der Waals surface area (Å²) in [6.45, 7) is 4.61. The predicted molar refractivity (Wildman–Crippen MR) is 88.2 cm³/mol. The third kappa shape index (κ3) is 2.56. The second-order valence-electron chi connectivity index (χ2n) is 5.67. The molecule has 2 aromatic rings. The maximum Gasteiger partial charge on any atom is 0.255 e. The van der Waals surface area contributed by atoms with Gasteiger partial charge in [-0.2, -0.15) is 0 Å². The van der Waals surface area contributed by atoms with E-state index >= 15 is 0 Å². The Morgan fingerprint density at radius 2 is 1.95 bits per heavy atom. The number of nitrogens with zero attached hydrogens (tertiary/aromatic N) is 1. The minimum atomic E-state index is -0.255. The Hall–Kier alpha value is -1.68. The van der Waals surface area contributed by atoms with E-state index in [1.165, 1.54) is 12.1 Å². The second-order valence-corrected chi connectivity index (χ2v) is 6.58. The van der Waals surface area contributed by atoms with Gasteiger partial charge in [0, 0.05) is 16.6 Å². The second kappa shape index (κ2) is 5.84. The van der Waals surface area contributed by atoms with Gasteiger partial charge in [-0.15, -0.1) is 0 Å². The Kier molecular flexibility index (Phi) is 4.04. The molecule has 1 heterocycles. The fraction of sp³-hybridized carbons (Fsp3) is 0.278. The Morgan fingerprint density at radius 3 is 2.59 bits per heavy atom. The summed E-state index contributed by atoms with van der Waals surface area (Å²) in [5.41, 5.74) is 3.83. The summed E-state index contributed by atoms with van der Waals surface area (Å²) in [4.78, 5) is 14.7. The van der Waals surface area contributed by atoms with E-state index in [4.69, 9.17) is 0 Å². The number of rotatable bonds is 3. The van der Waals surface area contributed by atoms with Crippen molar-refractivity contribution in [2.24, 2.45) is 0 Å². The van der Waals surface area contributed by atoms with Crippen LogP contribution in [0.4, 0.5) is 4.39 Å². The SMILES string of the molecule is CCC(c1ccc(F)cc1)N1Cc2cc(Br)cc(C)c2C1=O. The number of aryl methyl sites for hydroxylation is 1. The highest BCUT2D eigenvalue weighted by Crippen LogP contribution is 2.36. The van der Waals surface area contributed by atoms with E-state index in [0.29, 0.717) is 6.54 Å². The summed E-state index contributed by atoms with van der Waals surface area (Å²) in [6, 6.07) is 10.4. The van der Waals surface area contributed by atoms with E-state index < -0.39 is 0 Å². The van der Waals surface area contributed by atoms with Crippen molar-refractivity contribution < 1.29 is 9.18 Å². The number of hydrogen-bond donors (Lipinski definition) is 0. The lowest BCUT2D eigenvalue weighted by Gasteiger charge is -2.27. The third-order valence-corrected chi connectivity index (χ3v) is 4.67. The van der Waals surface area contributed by atoms with Crippen molar-refractivity contribution in [2.45, 2.75) is 32.9 Å². The van der Waals surface area contributed by atoms with Crippen LogP contribution in [0.2, 0.25) is 0 Å². The highest BCUT2D eigenvalue weighted by atomic mass is 79.9. The first-order chi connectivity index (χ1) is 10.5. The lowest BCUT2D eigenvalue weighted by molar-refractivity contribution is 0.0695. The molecule has 0 radical (unpaired) electrons. The molecule has 0 spiro atoms. The van der Waals surface area contributed by atoms with Crippen molar-refractivity contribution >= 4 is 21.8 Å². The molecule has 0 N–H and O–H groups in total.